The highest BCUT2D eigenvalue weighted by atomic mass is 16.3. The average Bonchev–Trinajstić information content (AvgIpc) is 3.16. The highest BCUT2D eigenvalue weighted by Crippen LogP contribution is 2.24. The first-order valence-electron chi connectivity index (χ1n) is 10.1. The van der Waals surface area contributed by atoms with Crippen LogP contribution in [0.3, 0.4) is 0 Å². The van der Waals surface area contributed by atoms with Crippen LogP contribution in [0.2, 0.25) is 0 Å². The van der Waals surface area contributed by atoms with Crippen molar-refractivity contribution in [3.05, 3.63) is 70.8 Å². The number of aromatic nitrogens is 2. The van der Waals surface area contributed by atoms with Crippen LogP contribution in [-0.2, 0) is 11.3 Å². The van der Waals surface area contributed by atoms with Gasteiger partial charge in [-0.3, -0.25) is 19.0 Å². The zero-order valence-electron chi connectivity index (χ0n) is 17.3. The van der Waals surface area contributed by atoms with Gasteiger partial charge < -0.3 is 14.6 Å². The third-order valence-electron chi connectivity index (χ3n) is 5.11. The molecule has 0 bridgehead atoms. The number of hydrogen-bond donors (Lipinski definition) is 1. The van der Waals surface area contributed by atoms with E-state index in [1.54, 1.807) is 35.2 Å². The molecule has 0 saturated heterocycles. The molecule has 0 aliphatic carbocycles. The van der Waals surface area contributed by atoms with Gasteiger partial charge in [0, 0.05) is 29.7 Å². The molecule has 2 aromatic carbocycles. The molecule has 8 heteroatoms. The number of nitrogens with one attached hydrogen (secondary N) is 1. The summed E-state index contributed by atoms with van der Waals surface area (Å²) in [5.74, 6) is -0.511. The molecule has 2 heterocycles. The molecule has 4 aromatic rings. The Morgan fingerprint density at radius 3 is 2.65 bits per heavy atom. The Bertz CT molecular complexity index is 1330. The van der Waals surface area contributed by atoms with Crippen molar-refractivity contribution in [1.82, 2.24) is 14.5 Å². The van der Waals surface area contributed by atoms with Crippen LogP contribution >= 0.6 is 0 Å². The molecule has 1 N–H and O–H groups in total. The van der Waals surface area contributed by atoms with Crippen LogP contribution < -0.4 is 10.9 Å². The Morgan fingerprint density at radius 1 is 1.10 bits per heavy atom. The van der Waals surface area contributed by atoms with Gasteiger partial charge in [-0.1, -0.05) is 18.2 Å². The predicted molar refractivity (Wildman–Crippen MR) is 118 cm³/mol. The van der Waals surface area contributed by atoms with Gasteiger partial charge >= 0.3 is 0 Å². The van der Waals surface area contributed by atoms with E-state index in [4.69, 9.17) is 4.42 Å². The zero-order valence-corrected chi connectivity index (χ0v) is 17.3. The molecule has 0 aliphatic heterocycles. The van der Waals surface area contributed by atoms with E-state index in [-0.39, 0.29) is 18.0 Å². The number of rotatable bonds is 6. The molecule has 0 aliphatic rings. The summed E-state index contributed by atoms with van der Waals surface area (Å²) in [4.78, 5) is 43.9. The number of nitrogens with zero attached hydrogens (tertiary/aromatic N) is 3. The lowest BCUT2D eigenvalue weighted by Gasteiger charge is -2.19. The SMILES string of the molecule is CCN(CC)C(=O)c1cccc(NC(=O)Cn2cnc3c(oc4ccccc43)c2=O)c1. The van der Waals surface area contributed by atoms with E-state index in [0.29, 0.717) is 35.4 Å². The molecule has 8 nitrogen and oxygen atoms in total. The molecule has 0 saturated carbocycles. The molecule has 0 atom stereocenters. The second-order valence-electron chi connectivity index (χ2n) is 7.06. The highest BCUT2D eigenvalue weighted by Gasteiger charge is 2.16. The number of fused-ring (bicyclic) bond motifs is 3. The lowest BCUT2D eigenvalue weighted by Crippen LogP contribution is -2.30. The molecule has 4 rings (SSSR count). The first-order chi connectivity index (χ1) is 15.0. The average molecular weight is 418 g/mol. The molecule has 0 spiro atoms. The van der Waals surface area contributed by atoms with Crippen LogP contribution in [0, 0.1) is 0 Å². The number of furan rings is 1. The highest BCUT2D eigenvalue weighted by molar-refractivity contribution is 6.02. The number of carbonyl (C=O) groups excluding carboxylic acids is 2. The maximum absolute atomic E-state index is 12.8. The maximum Gasteiger partial charge on any atom is 0.297 e. The normalized spacial score (nSPS) is 11.0. The smallest absolute Gasteiger partial charge is 0.297 e. The summed E-state index contributed by atoms with van der Waals surface area (Å²) in [6, 6.07) is 14.0. The number of para-hydroxylation sites is 1. The number of anilines is 1. The molecule has 0 radical (unpaired) electrons. The lowest BCUT2D eigenvalue weighted by molar-refractivity contribution is -0.116. The third-order valence-corrected chi connectivity index (χ3v) is 5.11. The van der Waals surface area contributed by atoms with Gasteiger partial charge in [-0.25, -0.2) is 4.98 Å². The minimum atomic E-state index is -0.429. The first kappa shape index (κ1) is 20.3. The van der Waals surface area contributed by atoms with Crippen molar-refractivity contribution in [2.45, 2.75) is 20.4 Å². The van der Waals surface area contributed by atoms with Crippen LogP contribution in [0.1, 0.15) is 24.2 Å². The van der Waals surface area contributed by atoms with Crippen molar-refractivity contribution < 1.29 is 14.0 Å². The molecule has 0 fully saturated rings. The van der Waals surface area contributed by atoms with Crippen LogP contribution in [-0.4, -0.2) is 39.4 Å². The van der Waals surface area contributed by atoms with Crippen LogP contribution in [0.15, 0.2) is 64.1 Å². The van der Waals surface area contributed by atoms with Gasteiger partial charge in [-0.2, -0.15) is 0 Å². The zero-order chi connectivity index (χ0) is 22.0. The summed E-state index contributed by atoms with van der Waals surface area (Å²) < 4.78 is 6.84. The van der Waals surface area contributed by atoms with Gasteiger partial charge in [0.1, 0.15) is 17.6 Å². The summed E-state index contributed by atoms with van der Waals surface area (Å²) in [5, 5.41) is 3.49. The van der Waals surface area contributed by atoms with Gasteiger partial charge in [0.25, 0.3) is 11.5 Å². The van der Waals surface area contributed by atoms with E-state index >= 15 is 0 Å². The Labute approximate surface area is 178 Å². The number of benzene rings is 2. The van der Waals surface area contributed by atoms with Crippen molar-refractivity contribution in [2.75, 3.05) is 18.4 Å². The summed E-state index contributed by atoms with van der Waals surface area (Å²) in [7, 11) is 0. The van der Waals surface area contributed by atoms with Crippen molar-refractivity contribution in [2.24, 2.45) is 0 Å². The summed E-state index contributed by atoms with van der Waals surface area (Å²) in [5.41, 5.74) is 1.70. The summed E-state index contributed by atoms with van der Waals surface area (Å²) in [6.07, 6.45) is 1.34. The second kappa shape index (κ2) is 8.43. The summed E-state index contributed by atoms with van der Waals surface area (Å²) in [6.45, 7) is 4.81. The van der Waals surface area contributed by atoms with Gasteiger partial charge in [0.15, 0.2) is 0 Å². The minimum Gasteiger partial charge on any atom is -0.448 e. The first-order valence-corrected chi connectivity index (χ1v) is 10.1. The van der Waals surface area contributed by atoms with E-state index in [9.17, 15) is 14.4 Å². The Kier molecular flexibility index (Phi) is 5.53. The number of amides is 2. The van der Waals surface area contributed by atoms with Crippen molar-refractivity contribution in [1.29, 1.82) is 0 Å². The second-order valence-corrected chi connectivity index (χ2v) is 7.06. The largest absolute Gasteiger partial charge is 0.448 e. The molecule has 158 valence electrons. The quantitative estimate of drug-likeness (QED) is 0.518. The van der Waals surface area contributed by atoms with Crippen LogP contribution in [0.5, 0.6) is 0 Å². The maximum atomic E-state index is 12.8. The predicted octanol–water partition coefficient (Wildman–Crippen LogP) is 3.26. The van der Waals surface area contributed by atoms with E-state index in [1.165, 1.54) is 10.9 Å². The molecule has 0 unspecified atom stereocenters. The van der Waals surface area contributed by atoms with E-state index in [2.05, 4.69) is 10.3 Å². The number of carbonyl (C=O) groups is 2. The van der Waals surface area contributed by atoms with Gasteiger partial charge in [0.05, 0.1) is 6.33 Å². The molecule has 31 heavy (non-hydrogen) atoms. The Balaban J connectivity index is 1.54. The third kappa shape index (κ3) is 3.92. The minimum absolute atomic E-state index is 0.100. The Morgan fingerprint density at radius 2 is 1.87 bits per heavy atom. The van der Waals surface area contributed by atoms with Crippen molar-refractivity contribution in [3.8, 4) is 0 Å². The monoisotopic (exact) mass is 418 g/mol. The fourth-order valence-corrected chi connectivity index (χ4v) is 3.51. The van der Waals surface area contributed by atoms with Gasteiger partial charge in [-0.15, -0.1) is 0 Å². The molecule has 2 aromatic heterocycles. The van der Waals surface area contributed by atoms with Crippen molar-refractivity contribution >= 4 is 39.6 Å². The van der Waals surface area contributed by atoms with Crippen molar-refractivity contribution in [3.63, 3.8) is 0 Å². The Hall–Kier alpha value is -3.94. The van der Waals surface area contributed by atoms with Crippen LogP contribution in [0.25, 0.3) is 22.1 Å². The van der Waals surface area contributed by atoms with Gasteiger partial charge in [-0.05, 0) is 44.2 Å². The van der Waals surface area contributed by atoms with E-state index in [1.807, 2.05) is 32.0 Å². The number of hydrogen-bond acceptors (Lipinski definition) is 5. The molecule has 2 amide bonds. The molecular weight excluding hydrogens is 396 g/mol. The fraction of sp³-hybridized carbons (Fsp3) is 0.217. The standard InChI is InChI=1S/C23H22N4O4/c1-3-26(4-2)22(29)15-8-7-9-16(12-15)25-19(28)13-27-14-24-20-17-10-5-6-11-18(17)31-21(20)23(27)30/h5-12,14H,3-4,13H2,1-2H3,(H,25,28). The van der Waals surface area contributed by atoms with Gasteiger partial charge in [0.2, 0.25) is 11.5 Å². The van der Waals surface area contributed by atoms with Crippen LogP contribution in [0.4, 0.5) is 5.69 Å². The summed E-state index contributed by atoms with van der Waals surface area (Å²) >= 11 is 0. The molecular formula is C23H22N4O4. The van der Waals surface area contributed by atoms with E-state index in [0.717, 1.165) is 5.39 Å². The topological polar surface area (TPSA) is 97.4 Å². The lowest BCUT2D eigenvalue weighted by atomic mass is 10.1. The fourth-order valence-electron chi connectivity index (χ4n) is 3.51. The van der Waals surface area contributed by atoms with E-state index < -0.39 is 11.5 Å².